The van der Waals surface area contributed by atoms with Crippen LogP contribution in [-0.4, -0.2) is 11.4 Å². The Hall–Kier alpha value is -0.120. The monoisotopic (exact) mass is 132 g/mol. The van der Waals surface area contributed by atoms with Gasteiger partial charge in [0.1, 0.15) is 0 Å². The molecule has 0 atom stereocenters. The Morgan fingerprint density at radius 3 is 1.33 bits per heavy atom. The van der Waals surface area contributed by atoms with Crippen LogP contribution in [-0.2, 0) is 4.74 Å². The van der Waals surface area contributed by atoms with Crippen LogP contribution in [0.4, 0.5) is 0 Å². The summed E-state index contributed by atoms with van der Waals surface area (Å²) < 4.78 is 5.18. The number of hydrogen-bond acceptors (Lipinski definition) is 3. The third-order valence-electron chi connectivity index (χ3n) is 0.526. The lowest BCUT2D eigenvalue weighted by atomic mass is 10.2. The van der Waals surface area contributed by atoms with E-state index in [1.165, 1.54) is 0 Å². The van der Waals surface area contributed by atoms with Gasteiger partial charge in [-0.2, -0.15) is 0 Å². The highest BCUT2D eigenvalue weighted by Gasteiger charge is 2.20. The molecular formula is C6H16N2O. The topological polar surface area (TPSA) is 61.3 Å². The highest BCUT2D eigenvalue weighted by Crippen LogP contribution is 2.10. The normalized spacial score (nSPS) is 14.0. The minimum absolute atomic E-state index is 0.266. The average molecular weight is 132 g/mol. The van der Waals surface area contributed by atoms with E-state index >= 15 is 0 Å². The molecule has 0 rings (SSSR count). The van der Waals surface area contributed by atoms with Crippen LogP contribution in [0.1, 0.15) is 27.7 Å². The molecule has 0 aliphatic rings. The first kappa shape index (κ1) is 8.88. The van der Waals surface area contributed by atoms with E-state index in [0.717, 1.165) is 0 Å². The van der Waals surface area contributed by atoms with Gasteiger partial charge in [-0.25, -0.2) is 0 Å². The van der Waals surface area contributed by atoms with Crippen LogP contribution < -0.4 is 11.5 Å². The van der Waals surface area contributed by atoms with E-state index in [1.807, 2.05) is 20.8 Å². The molecule has 3 nitrogen and oxygen atoms in total. The Morgan fingerprint density at radius 2 is 1.33 bits per heavy atom. The fourth-order valence-corrected chi connectivity index (χ4v) is 0.660. The van der Waals surface area contributed by atoms with Crippen LogP contribution in [0.25, 0.3) is 0 Å². The zero-order chi connectivity index (χ0) is 7.71. The third-order valence-corrected chi connectivity index (χ3v) is 0.526. The van der Waals surface area contributed by atoms with E-state index < -0.39 is 5.85 Å². The molecule has 0 fully saturated rings. The molecule has 4 N–H and O–H groups in total. The van der Waals surface area contributed by atoms with Gasteiger partial charge in [0.15, 0.2) is 5.85 Å². The van der Waals surface area contributed by atoms with Crippen molar-refractivity contribution in [1.29, 1.82) is 0 Å². The van der Waals surface area contributed by atoms with Gasteiger partial charge in [-0.15, -0.1) is 0 Å². The molecule has 0 bridgehead atoms. The van der Waals surface area contributed by atoms with Crippen molar-refractivity contribution in [3.8, 4) is 0 Å². The quantitative estimate of drug-likeness (QED) is 0.507. The van der Waals surface area contributed by atoms with Gasteiger partial charge in [-0.1, -0.05) is 0 Å². The Labute approximate surface area is 56.4 Å². The van der Waals surface area contributed by atoms with E-state index in [-0.39, 0.29) is 5.60 Å². The summed E-state index contributed by atoms with van der Waals surface area (Å²) in [6.45, 7) is 7.35. The van der Waals surface area contributed by atoms with Crippen molar-refractivity contribution in [2.45, 2.75) is 39.1 Å². The summed E-state index contributed by atoms with van der Waals surface area (Å²) in [5, 5.41) is 0. The second-order valence-electron chi connectivity index (χ2n) is 3.40. The van der Waals surface area contributed by atoms with Gasteiger partial charge in [0.05, 0.1) is 5.60 Å². The van der Waals surface area contributed by atoms with Crippen LogP contribution in [0, 0.1) is 0 Å². The summed E-state index contributed by atoms with van der Waals surface area (Å²) >= 11 is 0. The van der Waals surface area contributed by atoms with Crippen molar-refractivity contribution >= 4 is 0 Å². The van der Waals surface area contributed by atoms with Crippen molar-refractivity contribution in [2.75, 3.05) is 0 Å². The minimum Gasteiger partial charge on any atom is -0.342 e. The molecule has 3 heteroatoms. The van der Waals surface area contributed by atoms with Crippen molar-refractivity contribution < 1.29 is 4.74 Å². The first-order valence-corrected chi connectivity index (χ1v) is 2.99. The van der Waals surface area contributed by atoms with Gasteiger partial charge in [0, 0.05) is 0 Å². The zero-order valence-electron chi connectivity index (χ0n) is 6.56. The molecule has 0 aliphatic heterocycles. The van der Waals surface area contributed by atoms with E-state index in [4.69, 9.17) is 16.2 Å². The summed E-state index contributed by atoms with van der Waals surface area (Å²) in [4.78, 5) is 0. The van der Waals surface area contributed by atoms with Gasteiger partial charge in [0.2, 0.25) is 0 Å². The molecule has 0 unspecified atom stereocenters. The lowest BCUT2D eigenvalue weighted by Crippen LogP contribution is -2.52. The van der Waals surface area contributed by atoms with Crippen LogP contribution in [0.15, 0.2) is 0 Å². The molecular weight excluding hydrogens is 116 g/mol. The maximum atomic E-state index is 5.38. The average Bonchev–Trinajstić information content (AvgIpc) is 1.14. The van der Waals surface area contributed by atoms with Crippen LogP contribution in [0.3, 0.4) is 0 Å². The second-order valence-corrected chi connectivity index (χ2v) is 3.40. The highest BCUT2D eigenvalue weighted by atomic mass is 16.5. The van der Waals surface area contributed by atoms with Crippen molar-refractivity contribution in [1.82, 2.24) is 0 Å². The van der Waals surface area contributed by atoms with Gasteiger partial charge in [0.25, 0.3) is 0 Å². The molecule has 56 valence electrons. The van der Waals surface area contributed by atoms with Crippen LogP contribution in [0.5, 0.6) is 0 Å². The predicted octanol–water partition coefficient (Wildman–Crippen LogP) is 0.393. The van der Waals surface area contributed by atoms with Crippen molar-refractivity contribution in [2.24, 2.45) is 11.5 Å². The maximum absolute atomic E-state index is 5.38. The van der Waals surface area contributed by atoms with Crippen LogP contribution in [0.2, 0.25) is 0 Å². The van der Waals surface area contributed by atoms with Crippen molar-refractivity contribution in [3.63, 3.8) is 0 Å². The lowest BCUT2D eigenvalue weighted by Gasteiger charge is -2.29. The first-order chi connectivity index (χ1) is 3.71. The Bertz CT molecular complexity index is 76.2. The SMILES string of the molecule is CC(C)(C)OC(C)(N)N. The van der Waals surface area contributed by atoms with Gasteiger partial charge < -0.3 is 4.74 Å². The standard InChI is InChI=1S/C6H16N2O/c1-5(2,3)9-6(4,7)8/h7-8H2,1-4H3. The summed E-state index contributed by atoms with van der Waals surface area (Å²) in [6.07, 6.45) is 0. The van der Waals surface area contributed by atoms with Gasteiger partial charge in [-0.3, -0.25) is 11.5 Å². The summed E-state index contributed by atoms with van der Waals surface area (Å²) in [5.74, 6) is -1.02. The molecule has 0 aromatic heterocycles. The molecule has 0 aromatic carbocycles. The first-order valence-electron chi connectivity index (χ1n) is 2.99. The zero-order valence-corrected chi connectivity index (χ0v) is 6.56. The molecule has 0 aliphatic carbocycles. The van der Waals surface area contributed by atoms with Gasteiger partial charge >= 0.3 is 0 Å². The summed E-state index contributed by atoms with van der Waals surface area (Å²) in [6, 6.07) is 0. The molecule has 0 radical (unpaired) electrons. The molecule has 0 aromatic rings. The van der Waals surface area contributed by atoms with Gasteiger partial charge in [-0.05, 0) is 27.7 Å². The predicted molar refractivity (Wildman–Crippen MR) is 37.6 cm³/mol. The second kappa shape index (κ2) is 2.25. The summed E-state index contributed by atoms with van der Waals surface area (Å²) in [5.41, 5.74) is 10.5. The Morgan fingerprint density at radius 1 is 1.00 bits per heavy atom. The number of rotatable bonds is 1. The largest absolute Gasteiger partial charge is 0.342 e. The number of ether oxygens (including phenoxy) is 1. The maximum Gasteiger partial charge on any atom is 0.167 e. The fourth-order valence-electron chi connectivity index (χ4n) is 0.660. The fraction of sp³-hybridized carbons (Fsp3) is 1.00. The Kier molecular flexibility index (Phi) is 2.22. The number of nitrogens with two attached hydrogens (primary N) is 2. The molecule has 0 saturated heterocycles. The smallest absolute Gasteiger partial charge is 0.167 e. The van der Waals surface area contributed by atoms with E-state index in [1.54, 1.807) is 6.92 Å². The number of hydrogen-bond donors (Lipinski definition) is 2. The lowest BCUT2D eigenvalue weighted by molar-refractivity contribution is -0.115. The summed E-state index contributed by atoms with van der Waals surface area (Å²) in [7, 11) is 0. The molecule has 0 amide bonds. The minimum atomic E-state index is -1.02. The highest BCUT2D eigenvalue weighted by molar-refractivity contribution is 4.65. The molecule has 0 spiro atoms. The Balaban J connectivity index is 3.75. The molecule has 0 heterocycles. The van der Waals surface area contributed by atoms with E-state index in [9.17, 15) is 0 Å². The third kappa shape index (κ3) is 7.88. The molecule has 9 heavy (non-hydrogen) atoms. The van der Waals surface area contributed by atoms with E-state index in [0.29, 0.717) is 0 Å². The van der Waals surface area contributed by atoms with E-state index in [2.05, 4.69) is 0 Å². The van der Waals surface area contributed by atoms with Crippen LogP contribution >= 0.6 is 0 Å². The molecule has 0 saturated carbocycles. The van der Waals surface area contributed by atoms with Crippen molar-refractivity contribution in [3.05, 3.63) is 0 Å².